The van der Waals surface area contributed by atoms with Gasteiger partial charge >= 0.3 is 0 Å². The van der Waals surface area contributed by atoms with Crippen molar-refractivity contribution < 1.29 is 13.2 Å². The molecule has 27 heavy (non-hydrogen) atoms. The molecular formula is C19H21N3O3S2. The standard InChI is InChI=1S/C19H21N3O3S2/c1-13(14-7-9-15(10-8-14)27(20,24)25)22(2)19(23)12-11-18-21-16-5-3-4-6-17(16)26-18/h3-10,13H,11-12H2,1-2H3,(H2,20,24,25). The molecule has 0 aliphatic heterocycles. The maximum absolute atomic E-state index is 12.6. The molecular weight excluding hydrogens is 382 g/mol. The second-order valence-electron chi connectivity index (χ2n) is 6.37. The highest BCUT2D eigenvalue weighted by Crippen LogP contribution is 2.24. The van der Waals surface area contributed by atoms with Crippen molar-refractivity contribution in [1.29, 1.82) is 0 Å². The summed E-state index contributed by atoms with van der Waals surface area (Å²) in [5.74, 6) is 0.0114. The van der Waals surface area contributed by atoms with E-state index in [-0.39, 0.29) is 16.8 Å². The number of nitrogens with two attached hydrogens (primary N) is 1. The molecule has 8 heteroatoms. The maximum atomic E-state index is 12.6. The Kier molecular flexibility index (Phi) is 5.59. The van der Waals surface area contributed by atoms with E-state index in [9.17, 15) is 13.2 Å². The van der Waals surface area contributed by atoms with Crippen molar-refractivity contribution in [3.8, 4) is 0 Å². The van der Waals surface area contributed by atoms with Crippen LogP contribution < -0.4 is 5.14 Å². The average Bonchev–Trinajstić information content (AvgIpc) is 3.07. The molecule has 0 aliphatic carbocycles. The Hall–Kier alpha value is -2.29. The Morgan fingerprint density at radius 2 is 1.85 bits per heavy atom. The van der Waals surface area contributed by atoms with E-state index in [0.29, 0.717) is 12.8 Å². The van der Waals surface area contributed by atoms with Gasteiger partial charge in [0.1, 0.15) is 0 Å². The van der Waals surface area contributed by atoms with Gasteiger partial charge in [0, 0.05) is 19.9 Å². The second-order valence-corrected chi connectivity index (χ2v) is 9.05. The highest BCUT2D eigenvalue weighted by Gasteiger charge is 2.18. The number of carbonyl (C=O) groups is 1. The number of sulfonamides is 1. The van der Waals surface area contributed by atoms with Gasteiger partial charge in [-0.3, -0.25) is 4.79 Å². The van der Waals surface area contributed by atoms with Crippen LogP contribution in [0.25, 0.3) is 10.2 Å². The lowest BCUT2D eigenvalue weighted by atomic mass is 10.1. The Labute approximate surface area is 162 Å². The molecule has 1 unspecified atom stereocenters. The lowest BCUT2D eigenvalue weighted by Gasteiger charge is -2.25. The van der Waals surface area contributed by atoms with Crippen molar-refractivity contribution in [3.63, 3.8) is 0 Å². The van der Waals surface area contributed by atoms with Gasteiger partial charge in [0.15, 0.2) is 0 Å². The van der Waals surface area contributed by atoms with Gasteiger partial charge in [0.2, 0.25) is 15.9 Å². The number of rotatable bonds is 6. The maximum Gasteiger partial charge on any atom is 0.238 e. The van der Waals surface area contributed by atoms with E-state index in [1.807, 2.05) is 31.2 Å². The van der Waals surface area contributed by atoms with Crippen LogP contribution >= 0.6 is 11.3 Å². The predicted molar refractivity (Wildman–Crippen MR) is 107 cm³/mol. The van der Waals surface area contributed by atoms with Crippen LogP contribution in [0.15, 0.2) is 53.4 Å². The minimum atomic E-state index is -3.72. The van der Waals surface area contributed by atoms with Gasteiger partial charge in [0.05, 0.1) is 26.2 Å². The van der Waals surface area contributed by atoms with Crippen molar-refractivity contribution in [1.82, 2.24) is 9.88 Å². The van der Waals surface area contributed by atoms with E-state index in [1.54, 1.807) is 35.4 Å². The molecule has 3 aromatic rings. The average molecular weight is 404 g/mol. The lowest BCUT2D eigenvalue weighted by Crippen LogP contribution is -2.29. The van der Waals surface area contributed by atoms with Crippen LogP contribution in [0, 0.1) is 0 Å². The number of hydrogen-bond donors (Lipinski definition) is 1. The molecule has 0 aliphatic rings. The fraction of sp³-hybridized carbons (Fsp3) is 0.263. The summed E-state index contributed by atoms with van der Waals surface area (Å²) in [6.07, 6.45) is 0.968. The van der Waals surface area contributed by atoms with Crippen LogP contribution in [0.3, 0.4) is 0 Å². The Morgan fingerprint density at radius 1 is 1.19 bits per heavy atom. The van der Waals surface area contributed by atoms with Gasteiger partial charge in [-0.2, -0.15) is 0 Å². The summed E-state index contributed by atoms with van der Waals surface area (Å²) in [4.78, 5) is 18.8. The number of aryl methyl sites for hydroxylation is 1. The van der Waals surface area contributed by atoms with Crippen LogP contribution in [-0.2, 0) is 21.2 Å². The highest BCUT2D eigenvalue weighted by molar-refractivity contribution is 7.89. The number of hydrogen-bond acceptors (Lipinski definition) is 5. The number of para-hydroxylation sites is 1. The van der Waals surface area contributed by atoms with Gasteiger partial charge in [0.25, 0.3) is 0 Å². The van der Waals surface area contributed by atoms with Gasteiger partial charge in [-0.1, -0.05) is 24.3 Å². The molecule has 0 spiro atoms. The molecule has 0 saturated carbocycles. The van der Waals surface area contributed by atoms with Crippen molar-refractivity contribution in [3.05, 3.63) is 59.1 Å². The number of amides is 1. The Morgan fingerprint density at radius 3 is 2.48 bits per heavy atom. The Bertz CT molecular complexity index is 1030. The first-order valence-electron chi connectivity index (χ1n) is 8.48. The van der Waals surface area contributed by atoms with Crippen LogP contribution in [-0.4, -0.2) is 31.3 Å². The van der Waals surface area contributed by atoms with Crippen LogP contribution in [0.1, 0.15) is 30.0 Å². The minimum absolute atomic E-state index is 0.0114. The number of fused-ring (bicyclic) bond motifs is 1. The van der Waals surface area contributed by atoms with Crippen molar-refractivity contribution >= 4 is 37.5 Å². The van der Waals surface area contributed by atoms with Crippen molar-refractivity contribution in [2.45, 2.75) is 30.7 Å². The van der Waals surface area contributed by atoms with Crippen LogP contribution in [0.5, 0.6) is 0 Å². The fourth-order valence-corrected chi connectivity index (χ4v) is 4.27. The predicted octanol–water partition coefficient (Wildman–Crippen LogP) is 3.10. The van der Waals surface area contributed by atoms with Crippen LogP contribution in [0.2, 0.25) is 0 Å². The first-order valence-corrected chi connectivity index (χ1v) is 10.8. The number of aromatic nitrogens is 1. The van der Waals surface area contributed by atoms with Gasteiger partial charge < -0.3 is 4.90 Å². The highest BCUT2D eigenvalue weighted by atomic mass is 32.2. The molecule has 1 aromatic heterocycles. The molecule has 1 atom stereocenters. The first kappa shape index (κ1) is 19.5. The monoisotopic (exact) mass is 403 g/mol. The summed E-state index contributed by atoms with van der Waals surface area (Å²) in [5.41, 5.74) is 1.81. The molecule has 2 aromatic carbocycles. The van der Waals surface area contributed by atoms with Gasteiger partial charge in [-0.05, 0) is 36.8 Å². The number of benzene rings is 2. The largest absolute Gasteiger partial charge is 0.339 e. The molecule has 0 fully saturated rings. The smallest absolute Gasteiger partial charge is 0.238 e. The number of nitrogens with zero attached hydrogens (tertiary/aromatic N) is 2. The molecule has 0 radical (unpaired) electrons. The zero-order chi connectivity index (χ0) is 19.6. The lowest BCUT2D eigenvalue weighted by molar-refractivity contribution is -0.131. The molecule has 6 nitrogen and oxygen atoms in total. The Balaban J connectivity index is 1.63. The van der Waals surface area contributed by atoms with E-state index in [0.717, 1.165) is 20.8 Å². The quantitative estimate of drug-likeness (QED) is 0.684. The molecule has 0 bridgehead atoms. The van der Waals surface area contributed by atoms with Crippen LogP contribution in [0.4, 0.5) is 0 Å². The molecule has 3 rings (SSSR count). The molecule has 2 N–H and O–H groups in total. The summed E-state index contributed by atoms with van der Waals surface area (Å²) < 4.78 is 23.8. The number of thiazole rings is 1. The third kappa shape index (κ3) is 4.52. The van der Waals surface area contributed by atoms with Gasteiger partial charge in [-0.15, -0.1) is 11.3 Å². The number of primary sulfonamides is 1. The topological polar surface area (TPSA) is 93.4 Å². The van der Waals surface area contributed by atoms with Gasteiger partial charge in [-0.25, -0.2) is 18.5 Å². The minimum Gasteiger partial charge on any atom is -0.339 e. The van der Waals surface area contributed by atoms with E-state index in [4.69, 9.17) is 5.14 Å². The van der Waals surface area contributed by atoms with E-state index >= 15 is 0 Å². The molecule has 0 saturated heterocycles. The summed E-state index contributed by atoms with van der Waals surface area (Å²) in [6, 6.07) is 14.0. The third-order valence-corrected chi connectivity index (χ3v) is 6.58. The van der Waals surface area contributed by atoms with E-state index in [1.165, 1.54) is 12.1 Å². The third-order valence-electron chi connectivity index (χ3n) is 4.56. The normalized spacial score (nSPS) is 12.9. The molecule has 142 valence electrons. The van der Waals surface area contributed by atoms with Crippen molar-refractivity contribution in [2.75, 3.05) is 7.05 Å². The summed E-state index contributed by atoms with van der Waals surface area (Å²) >= 11 is 1.61. The first-order chi connectivity index (χ1) is 12.8. The zero-order valence-electron chi connectivity index (χ0n) is 15.1. The number of carbonyl (C=O) groups excluding carboxylic acids is 1. The summed E-state index contributed by atoms with van der Waals surface area (Å²) in [5, 5.41) is 6.06. The fourth-order valence-electron chi connectivity index (χ4n) is 2.79. The van der Waals surface area contributed by atoms with Crippen molar-refractivity contribution in [2.24, 2.45) is 5.14 Å². The molecule has 1 heterocycles. The summed E-state index contributed by atoms with van der Waals surface area (Å²) in [7, 11) is -1.97. The summed E-state index contributed by atoms with van der Waals surface area (Å²) in [6.45, 7) is 1.90. The molecule has 1 amide bonds. The second kappa shape index (κ2) is 7.75. The van der Waals surface area contributed by atoms with E-state index in [2.05, 4.69) is 4.98 Å². The SMILES string of the molecule is CC(c1ccc(S(N)(=O)=O)cc1)N(C)C(=O)CCc1nc2ccccc2s1. The zero-order valence-corrected chi connectivity index (χ0v) is 16.8. The van der Waals surface area contributed by atoms with E-state index < -0.39 is 10.0 Å².